The molecule has 7 heteroatoms. The van der Waals surface area contributed by atoms with Gasteiger partial charge >= 0.3 is 0 Å². The minimum Gasteiger partial charge on any atom is -0.380 e. The van der Waals surface area contributed by atoms with Gasteiger partial charge in [0.1, 0.15) is 4.21 Å². The Hall–Kier alpha value is -0.470. The molecule has 0 saturated heterocycles. The maximum Gasteiger partial charge on any atom is 0.250 e. The zero-order valence-corrected chi connectivity index (χ0v) is 12.8. The first-order chi connectivity index (χ1) is 9.01. The molecule has 0 aromatic carbocycles. The third-order valence-electron chi connectivity index (χ3n) is 3.01. The summed E-state index contributed by atoms with van der Waals surface area (Å²) in [5.41, 5.74) is 0. The second-order valence-corrected chi connectivity index (χ2v) is 7.94. The first kappa shape index (κ1) is 14.9. The molecule has 1 aromatic rings. The number of nitrogens with one attached hydrogen (secondary N) is 2. The summed E-state index contributed by atoms with van der Waals surface area (Å²) in [6, 6.07) is 4.16. The van der Waals surface area contributed by atoms with E-state index in [0.29, 0.717) is 10.3 Å². The van der Waals surface area contributed by atoms with Gasteiger partial charge in [0.2, 0.25) is 10.0 Å². The van der Waals surface area contributed by atoms with Gasteiger partial charge in [-0.25, -0.2) is 13.1 Å². The predicted octanol–water partition coefficient (Wildman–Crippen LogP) is 1.31. The van der Waals surface area contributed by atoms with Gasteiger partial charge in [-0.3, -0.25) is 0 Å². The Morgan fingerprint density at radius 1 is 1.47 bits per heavy atom. The van der Waals surface area contributed by atoms with E-state index in [9.17, 15) is 8.42 Å². The van der Waals surface area contributed by atoms with Crippen molar-refractivity contribution in [3.63, 3.8) is 0 Å². The monoisotopic (exact) mass is 304 g/mol. The van der Waals surface area contributed by atoms with Crippen molar-refractivity contribution in [3.8, 4) is 0 Å². The summed E-state index contributed by atoms with van der Waals surface area (Å²) < 4.78 is 32.0. The SMILES string of the molecule is COC(C)CNS(=O)(=O)c1ccc(CNC2CC2)s1. The number of rotatable bonds is 8. The van der Waals surface area contributed by atoms with Gasteiger partial charge < -0.3 is 10.1 Å². The van der Waals surface area contributed by atoms with Crippen molar-refractivity contribution in [1.82, 2.24) is 10.0 Å². The van der Waals surface area contributed by atoms with E-state index in [4.69, 9.17) is 4.74 Å². The summed E-state index contributed by atoms with van der Waals surface area (Å²) in [6.45, 7) is 2.85. The van der Waals surface area contributed by atoms with Gasteiger partial charge in [-0.05, 0) is 31.9 Å². The summed E-state index contributed by atoms with van der Waals surface area (Å²) in [5.74, 6) is 0. The fourth-order valence-electron chi connectivity index (χ4n) is 1.51. The van der Waals surface area contributed by atoms with E-state index in [-0.39, 0.29) is 12.6 Å². The van der Waals surface area contributed by atoms with Crippen LogP contribution in [-0.2, 0) is 21.3 Å². The lowest BCUT2D eigenvalue weighted by Gasteiger charge is -2.10. The Labute approximate surface area is 118 Å². The highest BCUT2D eigenvalue weighted by molar-refractivity contribution is 7.91. The quantitative estimate of drug-likeness (QED) is 0.760. The van der Waals surface area contributed by atoms with Crippen LogP contribution in [0.5, 0.6) is 0 Å². The molecule has 1 heterocycles. The van der Waals surface area contributed by atoms with Crippen LogP contribution < -0.4 is 10.0 Å². The topological polar surface area (TPSA) is 67.4 Å². The fraction of sp³-hybridized carbons (Fsp3) is 0.667. The molecule has 2 N–H and O–H groups in total. The molecule has 0 amide bonds. The van der Waals surface area contributed by atoms with Crippen LogP contribution in [0.15, 0.2) is 16.3 Å². The van der Waals surface area contributed by atoms with Crippen molar-refractivity contribution in [2.75, 3.05) is 13.7 Å². The van der Waals surface area contributed by atoms with Crippen LogP contribution in [0.4, 0.5) is 0 Å². The van der Waals surface area contributed by atoms with Gasteiger partial charge in [0.05, 0.1) is 6.10 Å². The molecule has 19 heavy (non-hydrogen) atoms. The molecule has 1 saturated carbocycles. The molecule has 1 fully saturated rings. The summed E-state index contributed by atoms with van der Waals surface area (Å²) in [5, 5.41) is 3.37. The van der Waals surface area contributed by atoms with E-state index < -0.39 is 10.0 Å². The number of ether oxygens (including phenoxy) is 1. The largest absolute Gasteiger partial charge is 0.380 e. The normalized spacial score (nSPS) is 17.6. The molecule has 0 spiro atoms. The van der Waals surface area contributed by atoms with Crippen LogP contribution in [-0.4, -0.2) is 34.2 Å². The highest BCUT2D eigenvalue weighted by atomic mass is 32.2. The van der Waals surface area contributed by atoms with Gasteiger partial charge in [0.25, 0.3) is 0 Å². The van der Waals surface area contributed by atoms with E-state index in [1.54, 1.807) is 13.2 Å². The van der Waals surface area contributed by atoms with Crippen molar-refractivity contribution >= 4 is 21.4 Å². The van der Waals surface area contributed by atoms with Crippen LogP contribution >= 0.6 is 11.3 Å². The standard InChI is InChI=1S/C12H20N2O3S2/c1-9(17-2)7-14-19(15,16)12-6-5-11(18-12)8-13-10-3-4-10/h5-6,9-10,13-14H,3-4,7-8H2,1-2H3. The van der Waals surface area contributed by atoms with Gasteiger partial charge in [-0.1, -0.05) is 0 Å². The molecule has 1 aliphatic carbocycles. The lowest BCUT2D eigenvalue weighted by atomic mass is 10.4. The Kier molecular flexibility index (Phi) is 4.97. The Morgan fingerprint density at radius 2 is 2.21 bits per heavy atom. The molecule has 0 bridgehead atoms. The first-order valence-electron chi connectivity index (χ1n) is 6.36. The van der Waals surface area contributed by atoms with Crippen molar-refractivity contribution in [3.05, 3.63) is 17.0 Å². The van der Waals surface area contributed by atoms with Crippen LogP contribution in [0.1, 0.15) is 24.6 Å². The van der Waals surface area contributed by atoms with Gasteiger partial charge in [0.15, 0.2) is 0 Å². The maximum absolute atomic E-state index is 12.0. The summed E-state index contributed by atoms with van der Waals surface area (Å²) in [4.78, 5) is 1.05. The van der Waals surface area contributed by atoms with E-state index in [1.807, 2.05) is 13.0 Å². The average molecular weight is 304 g/mol. The second-order valence-electron chi connectivity index (χ2n) is 4.77. The molecule has 1 unspecified atom stereocenters. The lowest BCUT2D eigenvalue weighted by molar-refractivity contribution is 0.122. The maximum atomic E-state index is 12.0. The predicted molar refractivity (Wildman–Crippen MR) is 75.8 cm³/mol. The third-order valence-corrected chi connectivity index (χ3v) is 6.01. The lowest BCUT2D eigenvalue weighted by Crippen LogP contribution is -2.31. The third kappa shape index (κ3) is 4.54. The molecule has 1 aromatic heterocycles. The van der Waals surface area contributed by atoms with Crippen molar-refractivity contribution in [2.45, 2.75) is 42.7 Å². The van der Waals surface area contributed by atoms with Crippen LogP contribution in [0.2, 0.25) is 0 Å². The number of methoxy groups -OCH3 is 1. The average Bonchev–Trinajstić information content (AvgIpc) is 3.09. The molecule has 2 rings (SSSR count). The minimum atomic E-state index is -3.41. The van der Waals surface area contributed by atoms with Crippen molar-refractivity contribution < 1.29 is 13.2 Å². The first-order valence-corrected chi connectivity index (χ1v) is 8.66. The summed E-state index contributed by atoms with van der Waals surface area (Å²) in [6.07, 6.45) is 2.32. The van der Waals surface area contributed by atoms with E-state index in [2.05, 4.69) is 10.0 Å². The Bertz CT molecular complexity index is 509. The van der Waals surface area contributed by atoms with E-state index in [1.165, 1.54) is 24.2 Å². The van der Waals surface area contributed by atoms with Crippen LogP contribution in [0, 0.1) is 0 Å². The van der Waals surface area contributed by atoms with Crippen LogP contribution in [0.25, 0.3) is 0 Å². The summed E-state index contributed by atoms with van der Waals surface area (Å²) >= 11 is 1.32. The molecule has 108 valence electrons. The molecular formula is C12H20N2O3S2. The number of hydrogen-bond acceptors (Lipinski definition) is 5. The Balaban J connectivity index is 1.91. The molecule has 0 aliphatic heterocycles. The van der Waals surface area contributed by atoms with Crippen LogP contribution in [0.3, 0.4) is 0 Å². The van der Waals surface area contributed by atoms with Gasteiger partial charge in [-0.15, -0.1) is 11.3 Å². The van der Waals surface area contributed by atoms with Crippen molar-refractivity contribution in [1.29, 1.82) is 0 Å². The van der Waals surface area contributed by atoms with Gasteiger partial charge in [0, 0.05) is 31.1 Å². The van der Waals surface area contributed by atoms with Crippen molar-refractivity contribution in [2.24, 2.45) is 0 Å². The molecule has 0 radical (unpaired) electrons. The smallest absolute Gasteiger partial charge is 0.250 e. The molecule has 1 atom stereocenters. The highest BCUT2D eigenvalue weighted by Crippen LogP contribution is 2.24. The van der Waals surface area contributed by atoms with E-state index >= 15 is 0 Å². The molecule has 5 nitrogen and oxygen atoms in total. The fourth-order valence-corrected chi connectivity index (χ4v) is 3.98. The van der Waals surface area contributed by atoms with E-state index in [0.717, 1.165) is 11.4 Å². The summed E-state index contributed by atoms with van der Waals surface area (Å²) in [7, 11) is -1.85. The molecule has 1 aliphatic rings. The Morgan fingerprint density at radius 3 is 2.84 bits per heavy atom. The zero-order valence-electron chi connectivity index (χ0n) is 11.2. The minimum absolute atomic E-state index is 0.134. The number of thiophene rings is 1. The zero-order chi connectivity index (χ0) is 13.9. The van der Waals surface area contributed by atoms with Gasteiger partial charge in [-0.2, -0.15) is 0 Å². The highest BCUT2D eigenvalue weighted by Gasteiger charge is 2.21. The number of sulfonamides is 1. The second kappa shape index (κ2) is 6.32. The number of hydrogen-bond donors (Lipinski definition) is 2. The molecular weight excluding hydrogens is 284 g/mol.